The second kappa shape index (κ2) is 10.2. The van der Waals surface area contributed by atoms with Gasteiger partial charge in [-0.3, -0.25) is 4.90 Å². The number of benzene rings is 1. The molecule has 0 spiro atoms. The fourth-order valence-electron chi connectivity index (χ4n) is 4.12. The van der Waals surface area contributed by atoms with Crippen molar-refractivity contribution in [3.05, 3.63) is 40.6 Å². The van der Waals surface area contributed by atoms with E-state index in [9.17, 15) is 4.79 Å². The van der Waals surface area contributed by atoms with Crippen LogP contribution in [0.5, 0.6) is 11.5 Å². The van der Waals surface area contributed by atoms with E-state index in [1.165, 1.54) is 0 Å². The summed E-state index contributed by atoms with van der Waals surface area (Å²) in [6.45, 7) is 8.66. The Hall–Kier alpha value is -3.20. The van der Waals surface area contributed by atoms with E-state index < -0.39 is 11.7 Å². The van der Waals surface area contributed by atoms with Gasteiger partial charge in [0.05, 0.1) is 16.8 Å². The Balaban J connectivity index is 1.79. The number of carbonyl (C=O) groups excluding carboxylic acids is 1. The number of ether oxygens (including phenoxy) is 3. The normalized spacial score (nSPS) is 17.5. The average molecular weight is 502 g/mol. The molecule has 2 aromatic rings. The van der Waals surface area contributed by atoms with Crippen LogP contribution in [0.3, 0.4) is 0 Å². The molecule has 2 aliphatic heterocycles. The molecule has 1 aromatic carbocycles. The summed E-state index contributed by atoms with van der Waals surface area (Å²) >= 11 is 7.03. The van der Waals surface area contributed by atoms with Crippen molar-refractivity contribution < 1.29 is 19.0 Å². The Morgan fingerprint density at radius 3 is 2.71 bits per heavy atom. The van der Waals surface area contributed by atoms with E-state index in [4.69, 9.17) is 25.8 Å². The molecule has 0 aliphatic carbocycles. The Morgan fingerprint density at radius 2 is 1.97 bits per heavy atom. The summed E-state index contributed by atoms with van der Waals surface area (Å²) in [4.78, 5) is 23.9. The van der Waals surface area contributed by atoms with Crippen LogP contribution >= 0.6 is 11.6 Å². The lowest BCUT2D eigenvalue weighted by Crippen LogP contribution is -2.39. The molecule has 1 unspecified atom stereocenters. The topological polar surface area (TPSA) is 97.8 Å². The SMILES string of the molecule is CNc1cc(C)nc(Nc2cc3c(c(C4CCC=CCN4C(=O)OC(C)(C)C)c2Cl)OCCO3)n1. The van der Waals surface area contributed by atoms with E-state index in [2.05, 4.69) is 26.7 Å². The third-order valence-corrected chi connectivity index (χ3v) is 5.98. The minimum Gasteiger partial charge on any atom is -0.486 e. The van der Waals surface area contributed by atoms with E-state index in [1.54, 1.807) is 18.0 Å². The molecule has 9 nitrogen and oxygen atoms in total. The first-order valence-electron chi connectivity index (χ1n) is 11.7. The van der Waals surface area contributed by atoms with Crippen molar-refractivity contribution in [2.45, 2.75) is 52.2 Å². The molecule has 0 bridgehead atoms. The van der Waals surface area contributed by atoms with Gasteiger partial charge in [0, 0.05) is 37.0 Å². The van der Waals surface area contributed by atoms with Gasteiger partial charge in [-0.1, -0.05) is 23.8 Å². The minimum atomic E-state index is -0.628. The molecule has 2 aliphatic rings. The second-order valence-corrected chi connectivity index (χ2v) is 9.84. The van der Waals surface area contributed by atoms with Gasteiger partial charge in [-0.15, -0.1) is 0 Å². The van der Waals surface area contributed by atoms with Crippen LogP contribution in [0.15, 0.2) is 24.3 Å². The van der Waals surface area contributed by atoms with E-state index >= 15 is 0 Å². The maximum Gasteiger partial charge on any atom is 0.411 e. The number of amides is 1. The number of nitrogens with zero attached hydrogens (tertiary/aromatic N) is 3. The standard InChI is InChI=1S/C25H32ClN5O4/c1-15-13-19(27-5)30-23(28-15)29-16-14-18-22(34-12-11-33-18)20(21(16)26)17-9-7-6-8-10-31(17)24(32)35-25(2,3)4/h6,8,13-14,17H,7,9-12H2,1-5H3,(H2,27,28,29,30). The predicted octanol–water partition coefficient (Wildman–Crippen LogP) is 5.62. The number of allylic oxidation sites excluding steroid dienone is 1. The molecular weight excluding hydrogens is 470 g/mol. The molecule has 1 atom stereocenters. The number of anilines is 3. The van der Waals surface area contributed by atoms with Gasteiger partial charge in [-0.2, -0.15) is 4.98 Å². The molecule has 3 heterocycles. The third kappa shape index (κ3) is 5.73. The third-order valence-electron chi connectivity index (χ3n) is 5.57. The van der Waals surface area contributed by atoms with Gasteiger partial charge in [-0.25, -0.2) is 9.78 Å². The Kier molecular flexibility index (Phi) is 7.25. The number of aryl methyl sites for hydroxylation is 1. The number of halogens is 1. The molecular formula is C25H32ClN5O4. The van der Waals surface area contributed by atoms with Crippen LogP contribution < -0.4 is 20.1 Å². The first-order valence-corrected chi connectivity index (χ1v) is 12.1. The summed E-state index contributed by atoms with van der Waals surface area (Å²) in [5, 5.41) is 6.69. The van der Waals surface area contributed by atoms with Crippen molar-refractivity contribution in [3.63, 3.8) is 0 Å². The van der Waals surface area contributed by atoms with Crippen LogP contribution in [0.25, 0.3) is 0 Å². The molecule has 1 aromatic heterocycles. The highest BCUT2D eigenvalue weighted by molar-refractivity contribution is 6.34. The highest BCUT2D eigenvalue weighted by atomic mass is 35.5. The van der Waals surface area contributed by atoms with Gasteiger partial charge >= 0.3 is 6.09 Å². The molecule has 0 saturated heterocycles. The summed E-state index contributed by atoms with van der Waals surface area (Å²) in [6, 6.07) is 3.26. The fraction of sp³-hybridized carbons (Fsp3) is 0.480. The number of fused-ring (bicyclic) bond motifs is 1. The molecule has 0 radical (unpaired) electrons. The van der Waals surface area contributed by atoms with Crippen molar-refractivity contribution in [2.75, 3.05) is 37.4 Å². The maximum absolute atomic E-state index is 13.2. The summed E-state index contributed by atoms with van der Waals surface area (Å²) in [5.41, 5.74) is 1.42. The monoisotopic (exact) mass is 501 g/mol. The van der Waals surface area contributed by atoms with Gasteiger partial charge in [0.1, 0.15) is 24.6 Å². The average Bonchev–Trinajstić information content (AvgIpc) is 3.04. The molecule has 1 amide bonds. The van der Waals surface area contributed by atoms with E-state index in [1.807, 2.05) is 39.8 Å². The van der Waals surface area contributed by atoms with Crippen molar-refractivity contribution in [3.8, 4) is 11.5 Å². The Bertz CT molecular complexity index is 1130. The fourth-order valence-corrected chi connectivity index (χ4v) is 4.43. The lowest BCUT2D eigenvalue weighted by molar-refractivity contribution is 0.0178. The van der Waals surface area contributed by atoms with Gasteiger partial charge in [-0.05, 0) is 40.5 Å². The summed E-state index contributed by atoms with van der Waals surface area (Å²) in [7, 11) is 1.80. The van der Waals surface area contributed by atoms with Crippen LogP contribution in [0.2, 0.25) is 5.02 Å². The van der Waals surface area contributed by atoms with E-state index in [0.717, 1.165) is 12.1 Å². The molecule has 10 heteroatoms. The number of hydrogen-bond acceptors (Lipinski definition) is 8. The van der Waals surface area contributed by atoms with Crippen LogP contribution in [0, 0.1) is 6.92 Å². The van der Waals surface area contributed by atoms with Crippen LogP contribution in [0.1, 0.15) is 50.9 Å². The van der Waals surface area contributed by atoms with Crippen LogP contribution in [-0.2, 0) is 4.74 Å². The van der Waals surface area contributed by atoms with E-state index in [0.29, 0.717) is 65.7 Å². The number of aromatic nitrogens is 2. The largest absolute Gasteiger partial charge is 0.486 e. The van der Waals surface area contributed by atoms with E-state index in [-0.39, 0.29) is 6.04 Å². The summed E-state index contributed by atoms with van der Waals surface area (Å²) in [5.74, 6) is 2.18. The van der Waals surface area contributed by atoms with Gasteiger partial charge in [0.2, 0.25) is 5.95 Å². The van der Waals surface area contributed by atoms with Crippen molar-refractivity contribution >= 4 is 35.1 Å². The minimum absolute atomic E-state index is 0.379. The first-order chi connectivity index (χ1) is 16.7. The molecule has 2 N–H and O–H groups in total. The first kappa shape index (κ1) is 24.9. The zero-order chi connectivity index (χ0) is 25.2. The van der Waals surface area contributed by atoms with Gasteiger partial charge in [0.15, 0.2) is 11.5 Å². The quantitative estimate of drug-likeness (QED) is 0.521. The van der Waals surface area contributed by atoms with Crippen molar-refractivity contribution in [2.24, 2.45) is 0 Å². The molecule has 0 saturated carbocycles. The smallest absolute Gasteiger partial charge is 0.411 e. The van der Waals surface area contributed by atoms with Gasteiger partial charge in [0.25, 0.3) is 0 Å². The van der Waals surface area contributed by atoms with Crippen LogP contribution in [-0.4, -0.2) is 53.4 Å². The zero-order valence-corrected chi connectivity index (χ0v) is 21.5. The molecule has 188 valence electrons. The Morgan fingerprint density at radius 1 is 1.20 bits per heavy atom. The van der Waals surface area contributed by atoms with Crippen molar-refractivity contribution in [1.29, 1.82) is 0 Å². The summed E-state index contributed by atoms with van der Waals surface area (Å²) < 4.78 is 17.7. The molecule has 0 fully saturated rings. The number of carbonyl (C=O) groups is 1. The second-order valence-electron chi connectivity index (χ2n) is 9.47. The van der Waals surface area contributed by atoms with Crippen LogP contribution in [0.4, 0.5) is 22.2 Å². The highest BCUT2D eigenvalue weighted by Gasteiger charge is 2.35. The van der Waals surface area contributed by atoms with Crippen molar-refractivity contribution in [1.82, 2.24) is 14.9 Å². The lowest BCUT2D eigenvalue weighted by atomic mass is 9.98. The molecule has 35 heavy (non-hydrogen) atoms. The van der Waals surface area contributed by atoms with Gasteiger partial charge < -0.3 is 24.8 Å². The predicted molar refractivity (Wildman–Crippen MR) is 136 cm³/mol. The lowest BCUT2D eigenvalue weighted by Gasteiger charge is -2.35. The summed E-state index contributed by atoms with van der Waals surface area (Å²) in [6.07, 6.45) is 5.06. The number of nitrogens with one attached hydrogen (secondary N) is 2. The maximum atomic E-state index is 13.2. The highest BCUT2D eigenvalue weighted by Crippen LogP contribution is 2.49. The Labute approximate surface area is 210 Å². The number of rotatable bonds is 4. The molecule has 4 rings (SSSR count). The zero-order valence-electron chi connectivity index (χ0n) is 20.8. The number of hydrogen-bond donors (Lipinski definition) is 2.